The summed E-state index contributed by atoms with van der Waals surface area (Å²) in [6.45, 7) is 2.16. The Hall–Kier alpha value is -0.900. The zero-order valence-electron chi connectivity index (χ0n) is 8.45. The lowest BCUT2D eigenvalue weighted by atomic mass is 10.1. The molecule has 3 nitrogen and oxygen atoms in total. The predicted octanol–water partition coefficient (Wildman–Crippen LogP) is 3.05. The van der Waals surface area contributed by atoms with E-state index in [0.717, 1.165) is 12.8 Å². The summed E-state index contributed by atoms with van der Waals surface area (Å²) in [5.74, 6) is 0.0797. The number of carbonyl (C=O) groups excluding carboxylic acids is 1. The molecule has 0 aliphatic heterocycles. The summed E-state index contributed by atoms with van der Waals surface area (Å²) in [7, 11) is 0. The third kappa shape index (κ3) is 4.37. The summed E-state index contributed by atoms with van der Waals surface area (Å²) in [5.41, 5.74) is 0. The van der Waals surface area contributed by atoms with Crippen molar-refractivity contribution in [3.05, 3.63) is 11.6 Å². The molecule has 1 N–H and O–H groups in total. The van der Waals surface area contributed by atoms with Gasteiger partial charge in [-0.3, -0.25) is 4.79 Å². The minimum Gasteiger partial charge on any atom is -0.302 e. The first-order valence-electron chi connectivity index (χ1n) is 5.02. The van der Waals surface area contributed by atoms with Gasteiger partial charge in [-0.25, -0.2) is 4.98 Å². The maximum absolute atomic E-state index is 11.3. The van der Waals surface area contributed by atoms with Crippen molar-refractivity contribution in [3.63, 3.8) is 0 Å². The smallest absolute Gasteiger partial charge is 0.226 e. The first kappa shape index (κ1) is 11.2. The van der Waals surface area contributed by atoms with E-state index in [2.05, 4.69) is 17.2 Å². The topological polar surface area (TPSA) is 42.0 Å². The number of nitrogens with one attached hydrogen (secondary N) is 1. The maximum Gasteiger partial charge on any atom is 0.226 e. The summed E-state index contributed by atoms with van der Waals surface area (Å²) in [6, 6.07) is 0. The standard InChI is InChI=1S/C10H16N2OS/c1-2-3-4-5-6-9(13)12-10-11-7-8-14-10/h7-8H,2-6H2,1H3,(H,11,12,13). The molecule has 0 spiro atoms. The molecule has 0 aliphatic carbocycles. The molecular formula is C10H16N2OS. The van der Waals surface area contributed by atoms with Crippen LogP contribution in [0, 0.1) is 0 Å². The number of hydrogen-bond acceptors (Lipinski definition) is 3. The van der Waals surface area contributed by atoms with E-state index in [1.165, 1.54) is 24.2 Å². The number of carbonyl (C=O) groups is 1. The highest BCUT2D eigenvalue weighted by Gasteiger charge is 2.02. The molecular weight excluding hydrogens is 196 g/mol. The lowest BCUT2D eigenvalue weighted by Crippen LogP contribution is -2.10. The molecule has 1 heterocycles. The zero-order valence-corrected chi connectivity index (χ0v) is 9.27. The highest BCUT2D eigenvalue weighted by Crippen LogP contribution is 2.11. The second-order valence-corrected chi connectivity index (χ2v) is 4.09. The molecule has 0 aliphatic rings. The lowest BCUT2D eigenvalue weighted by Gasteiger charge is -2.00. The number of anilines is 1. The van der Waals surface area contributed by atoms with E-state index in [-0.39, 0.29) is 5.91 Å². The number of aromatic nitrogens is 1. The van der Waals surface area contributed by atoms with Crippen molar-refractivity contribution in [2.75, 3.05) is 5.32 Å². The van der Waals surface area contributed by atoms with Crippen molar-refractivity contribution in [2.45, 2.75) is 39.0 Å². The minimum absolute atomic E-state index is 0.0797. The summed E-state index contributed by atoms with van der Waals surface area (Å²) in [5, 5.41) is 5.32. The van der Waals surface area contributed by atoms with Gasteiger partial charge in [-0.2, -0.15) is 0 Å². The SMILES string of the molecule is CCCCCCC(=O)Nc1nccs1. The largest absolute Gasteiger partial charge is 0.302 e. The Kier molecular flexibility index (Phi) is 5.22. The van der Waals surface area contributed by atoms with Gasteiger partial charge in [0.15, 0.2) is 5.13 Å². The summed E-state index contributed by atoms with van der Waals surface area (Å²) < 4.78 is 0. The molecule has 0 saturated carbocycles. The van der Waals surface area contributed by atoms with Crippen LogP contribution in [-0.2, 0) is 4.79 Å². The molecule has 1 aromatic heterocycles. The van der Waals surface area contributed by atoms with E-state index in [1.54, 1.807) is 6.20 Å². The van der Waals surface area contributed by atoms with Crippen LogP contribution in [0.1, 0.15) is 39.0 Å². The summed E-state index contributed by atoms with van der Waals surface area (Å²) >= 11 is 1.45. The normalized spacial score (nSPS) is 10.1. The van der Waals surface area contributed by atoms with E-state index >= 15 is 0 Å². The molecule has 0 atom stereocenters. The van der Waals surface area contributed by atoms with Crippen LogP contribution >= 0.6 is 11.3 Å². The van der Waals surface area contributed by atoms with E-state index in [9.17, 15) is 4.79 Å². The number of thiazole rings is 1. The van der Waals surface area contributed by atoms with Crippen LogP contribution in [0.25, 0.3) is 0 Å². The number of rotatable bonds is 6. The minimum atomic E-state index is 0.0797. The molecule has 0 aromatic carbocycles. The zero-order chi connectivity index (χ0) is 10.2. The van der Waals surface area contributed by atoms with Crippen LogP contribution in [0.2, 0.25) is 0 Å². The lowest BCUT2D eigenvalue weighted by molar-refractivity contribution is -0.116. The second-order valence-electron chi connectivity index (χ2n) is 3.20. The van der Waals surface area contributed by atoms with E-state index in [4.69, 9.17) is 0 Å². The van der Waals surface area contributed by atoms with Crippen LogP contribution in [0.4, 0.5) is 5.13 Å². The molecule has 4 heteroatoms. The Morgan fingerprint density at radius 3 is 3.00 bits per heavy atom. The van der Waals surface area contributed by atoms with Crippen molar-refractivity contribution < 1.29 is 4.79 Å². The second kappa shape index (κ2) is 6.54. The van der Waals surface area contributed by atoms with E-state index in [0.29, 0.717) is 11.6 Å². The molecule has 14 heavy (non-hydrogen) atoms. The fourth-order valence-electron chi connectivity index (χ4n) is 1.18. The molecule has 0 fully saturated rings. The van der Waals surface area contributed by atoms with E-state index < -0.39 is 0 Å². The monoisotopic (exact) mass is 212 g/mol. The van der Waals surface area contributed by atoms with Crippen LogP contribution in [0.5, 0.6) is 0 Å². The van der Waals surface area contributed by atoms with Crippen molar-refractivity contribution in [3.8, 4) is 0 Å². The van der Waals surface area contributed by atoms with Crippen LogP contribution in [0.3, 0.4) is 0 Å². The van der Waals surface area contributed by atoms with Gasteiger partial charge in [0.25, 0.3) is 0 Å². The number of hydrogen-bond donors (Lipinski definition) is 1. The fraction of sp³-hybridized carbons (Fsp3) is 0.600. The Bertz CT molecular complexity index is 259. The third-order valence-corrected chi connectivity index (χ3v) is 2.62. The third-order valence-electron chi connectivity index (χ3n) is 1.94. The van der Waals surface area contributed by atoms with Gasteiger partial charge in [0.2, 0.25) is 5.91 Å². The quantitative estimate of drug-likeness (QED) is 0.736. The molecule has 1 rings (SSSR count). The first-order valence-corrected chi connectivity index (χ1v) is 5.90. The molecule has 0 bridgehead atoms. The van der Waals surface area contributed by atoms with Gasteiger partial charge in [-0.05, 0) is 6.42 Å². The maximum atomic E-state index is 11.3. The van der Waals surface area contributed by atoms with Crippen molar-refractivity contribution >= 4 is 22.4 Å². The first-order chi connectivity index (χ1) is 6.83. The highest BCUT2D eigenvalue weighted by atomic mass is 32.1. The van der Waals surface area contributed by atoms with Crippen molar-refractivity contribution in [1.82, 2.24) is 4.98 Å². The van der Waals surface area contributed by atoms with Gasteiger partial charge in [-0.15, -0.1) is 11.3 Å². The molecule has 78 valence electrons. The number of unbranched alkanes of at least 4 members (excludes halogenated alkanes) is 3. The Morgan fingerprint density at radius 2 is 2.36 bits per heavy atom. The average molecular weight is 212 g/mol. The number of nitrogens with zero attached hydrogens (tertiary/aromatic N) is 1. The van der Waals surface area contributed by atoms with E-state index in [1.807, 2.05) is 5.38 Å². The van der Waals surface area contributed by atoms with Gasteiger partial charge in [0.1, 0.15) is 0 Å². The van der Waals surface area contributed by atoms with Gasteiger partial charge < -0.3 is 5.32 Å². The average Bonchev–Trinajstić information content (AvgIpc) is 2.65. The Labute approximate surface area is 88.6 Å². The Balaban J connectivity index is 2.11. The van der Waals surface area contributed by atoms with Gasteiger partial charge in [0, 0.05) is 18.0 Å². The van der Waals surface area contributed by atoms with Crippen molar-refractivity contribution in [1.29, 1.82) is 0 Å². The van der Waals surface area contributed by atoms with Crippen LogP contribution < -0.4 is 5.32 Å². The fourth-order valence-corrected chi connectivity index (χ4v) is 1.72. The Morgan fingerprint density at radius 1 is 1.50 bits per heavy atom. The molecule has 0 saturated heterocycles. The predicted molar refractivity (Wildman–Crippen MR) is 59.5 cm³/mol. The van der Waals surface area contributed by atoms with Crippen LogP contribution in [0.15, 0.2) is 11.6 Å². The molecule has 1 aromatic rings. The molecule has 0 unspecified atom stereocenters. The van der Waals surface area contributed by atoms with Gasteiger partial charge in [0.05, 0.1) is 0 Å². The molecule has 0 radical (unpaired) electrons. The summed E-state index contributed by atoms with van der Waals surface area (Å²) in [6.07, 6.45) is 6.84. The summed E-state index contributed by atoms with van der Waals surface area (Å²) in [4.78, 5) is 15.3. The van der Waals surface area contributed by atoms with Crippen LogP contribution in [-0.4, -0.2) is 10.9 Å². The van der Waals surface area contributed by atoms with Gasteiger partial charge >= 0.3 is 0 Å². The van der Waals surface area contributed by atoms with Gasteiger partial charge in [-0.1, -0.05) is 26.2 Å². The highest BCUT2D eigenvalue weighted by molar-refractivity contribution is 7.13. The van der Waals surface area contributed by atoms with Crippen molar-refractivity contribution in [2.24, 2.45) is 0 Å². The number of amides is 1. The molecule has 1 amide bonds.